The lowest BCUT2D eigenvalue weighted by Crippen LogP contribution is -2.62. The van der Waals surface area contributed by atoms with Crippen LogP contribution in [0, 0.1) is 0 Å². The van der Waals surface area contributed by atoms with E-state index in [1.807, 2.05) is 42.3 Å². The van der Waals surface area contributed by atoms with Crippen molar-refractivity contribution in [3.8, 4) is 0 Å². The van der Waals surface area contributed by atoms with Gasteiger partial charge < -0.3 is 0 Å². The maximum Gasteiger partial charge on any atom is 0.269 e. The molecule has 0 bridgehead atoms. The van der Waals surface area contributed by atoms with Crippen LogP contribution in [-0.2, 0) is 0 Å². The van der Waals surface area contributed by atoms with E-state index in [1.165, 1.54) is 0 Å². The highest BCUT2D eigenvalue weighted by Crippen LogP contribution is 2.20. The van der Waals surface area contributed by atoms with Crippen molar-refractivity contribution in [1.29, 1.82) is 0 Å². The predicted octanol–water partition coefficient (Wildman–Crippen LogP) is 0.341. The van der Waals surface area contributed by atoms with E-state index >= 15 is 0 Å². The largest absolute Gasteiger partial charge is 0.269 e. The summed E-state index contributed by atoms with van der Waals surface area (Å²) in [6.07, 6.45) is 0. The van der Waals surface area contributed by atoms with E-state index in [-0.39, 0.29) is 5.91 Å². The predicted molar refractivity (Wildman–Crippen MR) is 55.9 cm³/mol. The molecular formula is C7H20N4P+. The van der Waals surface area contributed by atoms with Crippen LogP contribution in [0.5, 0.6) is 0 Å². The summed E-state index contributed by atoms with van der Waals surface area (Å²) < 4.78 is 4.31. The fourth-order valence-electron chi connectivity index (χ4n) is 1.55. The molecule has 0 aliphatic carbocycles. The highest BCUT2D eigenvalue weighted by Gasteiger charge is 2.39. The third-order valence-electron chi connectivity index (χ3n) is 1.97. The Morgan fingerprint density at radius 1 is 0.833 bits per heavy atom. The molecule has 72 valence electrons. The molecule has 0 heterocycles. The topological polar surface area (TPSA) is 22.1 Å². The summed E-state index contributed by atoms with van der Waals surface area (Å²) in [5, 5.41) is 0. The molecule has 0 radical (unpaired) electrons. The normalized spacial score (nSPS) is 13.1. The minimum Gasteiger partial charge on any atom is -0.257 e. The van der Waals surface area contributed by atoms with Gasteiger partial charge in [-0.05, 0) is 42.3 Å². The summed E-state index contributed by atoms with van der Waals surface area (Å²) in [7, 11) is 14.5. The Morgan fingerprint density at radius 3 is 1.08 bits per heavy atom. The monoisotopic (exact) mass is 191 g/mol. The Bertz CT molecular complexity index is 134. The molecule has 0 rings (SSSR count). The highest BCUT2D eigenvalue weighted by molar-refractivity contribution is 7.04. The molecule has 0 fully saturated rings. The van der Waals surface area contributed by atoms with E-state index in [4.69, 9.17) is 0 Å². The maximum atomic E-state index is 4.31. The summed E-state index contributed by atoms with van der Waals surface area (Å²) in [5.41, 5.74) is 0. The van der Waals surface area contributed by atoms with Crippen LogP contribution in [0.25, 0.3) is 0 Å². The molecule has 0 amide bonds. The van der Waals surface area contributed by atoms with E-state index in [1.54, 1.807) is 0 Å². The summed E-state index contributed by atoms with van der Waals surface area (Å²) in [6, 6.07) is 0. The average molecular weight is 191 g/mol. The van der Waals surface area contributed by atoms with Crippen molar-refractivity contribution in [3.63, 3.8) is 0 Å². The molecule has 0 aromatic carbocycles. The lowest BCUT2D eigenvalue weighted by Gasteiger charge is -2.42. The summed E-state index contributed by atoms with van der Waals surface area (Å²) >= 11 is 0. The van der Waals surface area contributed by atoms with Crippen LogP contribution >= 0.6 is 9.03 Å². The zero-order valence-electron chi connectivity index (χ0n) is 8.87. The van der Waals surface area contributed by atoms with Crippen LogP contribution in [0.1, 0.15) is 0 Å². The van der Waals surface area contributed by atoms with Gasteiger partial charge in [-0.2, -0.15) is 0 Å². The SMILES string of the molecule is CN(C)C(N=[PH2+])(N(C)C)N(C)C. The van der Waals surface area contributed by atoms with Gasteiger partial charge in [0.05, 0.1) is 0 Å². The van der Waals surface area contributed by atoms with Crippen molar-refractivity contribution < 1.29 is 0 Å². The summed E-state index contributed by atoms with van der Waals surface area (Å²) in [6.45, 7) is 0. The van der Waals surface area contributed by atoms with Gasteiger partial charge in [0.15, 0.2) is 9.03 Å². The van der Waals surface area contributed by atoms with Crippen LogP contribution in [0.15, 0.2) is 4.74 Å². The minimum absolute atomic E-state index is 0.370. The van der Waals surface area contributed by atoms with Crippen LogP contribution in [0.2, 0.25) is 0 Å². The van der Waals surface area contributed by atoms with Gasteiger partial charge in [-0.25, -0.2) is 0 Å². The van der Waals surface area contributed by atoms with E-state index < -0.39 is 0 Å². The third kappa shape index (κ3) is 1.83. The summed E-state index contributed by atoms with van der Waals surface area (Å²) in [4.78, 5) is 6.17. The van der Waals surface area contributed by atoms with E-state index in [2.05, 4.69) is 28.5 Å². The number of rotatable bonds is 4. The maximum absolute atomic E-state index is 4.31. The van der Waals surface area contributed by atoms with Gasteiger partial charge in [0.1, 0.15) is 0 Å². The van der Waals surface area contributed by atoms with Crippen molar-refractivity contribution in [1.82, 2.24) is 14.7 Å². The lowest BCUT2D eigenvalue weighted by atomic mass is 10.4. The molecule has 4 nitrogen and oxygen atoms in total. The van der Waals surface area contributed by atoms with Crippen molar-refractivity contribution in [3.05, 3.63) is 0 Å². The van der Waals surface area contributed by atoms with Gasteiger partial charge in [0.2, 0.25) is 0 Å². The first-order valence-electron chi connectivity index (χ1n) is 3.84. The van der Waals surface area contributed by atoms with Crippen LogP contribution in [-0.4, -0.2) is 62.9 Å². The molecule has 0 aliphatic heterocycles. The molecule has 0 saturated heterocycles. The highest BCUT2D eigenvalue weighted by atomic mass is 31.0. The Labute approximate surface area is 77.4 Å². The lowest BCUT2D eigenvalue weighted by molar-refractivity contribution is -0.0985. The Morgan fingerprint density at radius 2 is 1.08 bits per heavy atom. The molecule has 0 aromatic rings. The second-order valence-corrected chi connectivity index (χ2v) is 3.67. The Hall–Kier alpha value is -0.0200. The van der Waals surface area contributed by atoms with Crippen molar-refractivity contribution in [2.45, 2.75) is 5.91 Å². The quantitative estimate of drug-likeness (QED) is 0.472. The molecule has 0 N–H and O–H groups in total. The van der Waals surface area contributed by atoms with Gasteiger partial charge in [0, 0.05) is 0 Å². The zero-order valence-corrected chi connectivity index (χ0v) is 10.0. The van der Waals surface area contributed by atoms with Gasteiger partial charge in [-0.15, -0.1) is 0 Å². The first-order valence-corrected chi connectivity index (χ1v) is 4.35. The Kier molecular flexibility index (Phi) is 4.28. The number of nitrogens with zero attached hydrogens (tertiary/aromatic N) is 4. The fourth-order valence-corrected chi connectivity index (χ4v) is 2.24. The van der Waals surface area contributed by atoms with E-state index in [0.717, 1.165) is 0 Å². The van der Waals surface area contributed by atoms with Crippen molar-refractivity contribution >= 4 is 9.03 Å². The molecule has 0 spiro atoms. The molecule has 0 aromatic heterocycles. The Balaban J connectivity index is 4.89. The van der Waals surface area contributed by atoms with Crippen LogP contribution < -0.4 is 0 Å². The standard InChI is InChI=1S/C7H19N4P/c1-9(2)7(8-12,10(3)4)11(5)6/h12H,1-6H3/p+1. The molecule has 12 heavy (non-hydrogen) atoms. The van der Waals surface area contributed by atoms with Crippen LogP contribution in [0.4, 0.5) is 0 Å². The van der Waals surface area contributed by atoms with Gasteiger partial charge in [0.25, 0.3) is 5.91 Å². The smallest absolute Gasteiger partial charge is 0.257 e. The first kappa shape index (κ1) is 12.0. The molecule has 1 unspecified atom stereocenters. The molecule has 0 saturated carbocycles. The molecular weight excluding hydrogens is 171 g/mol. The number of hydrogen-bond donors (Lipinski definition) is 0. The zero-order chi connectivity index (χ0) is 9.94. The van der Waals surface area contributed by atoms with Crippen LogP contribution in [0.3, 0.4) is 0 Å². The fraction of sp³-hybridized carbons (Fsp3) is 1.00. The van der Waals surface area contributed by atoms with Gasteiger partial charge in [-0.3, -0.25) is 14.7 Å². The second kappa shape index (κ2) is 4.28. The van der Waals surface area contributed by atoms with Gasteiger partial charge in [-0.1, -0.05) is 4.74 Å². The second-order valence-electron chi connectivity index (χ2n) is 3.41. The van der Waals surface area contributed by atoms with Crippen molar-refractivity contribution in [2.24, 2.45) is 4.74 Å². The first-order chi connectivity index (χ1) is 5.39. The van der Waals surface area contributed by atoms with Gasteiger partial charge >= 0.3 is 0 Å². The van der Waals surface area contributed by atoms with E-state index in [0.29, 0.717) is 0 Å². The number of hydrogen-bond acceptors (Lipinski definition) is 4. The van der Waals surface area contributed by atoms with Crippen molar-refractivity contribution in [2.75, 3.05) is 42.3 Å². The minimum atomic E-state index is -0.370. The molecule has 1 atom stereocenters. The molecule has 0 aliphatic rings. The molecule has 5 heteroatoms. The summed E-state index contributed by atoms with van der Waals surface area (Å²) in [5.74, 6) is -0.370. The third-order valence-corrected chi connectivity index (χ3v) is 2.32. The average Bonchev–Trinajstić information content (AvgIpc) is 1.86. The van der Waals surface area contributed by atoms with E-state index in [9.17, 15) is 0 Å².